The van der Waals surface area contributed by atoms with Crippen LogP contribution in [0.1, 0.15) is 5.56 Å². The molecule has 0 atom stereocenters. The Kier molecular flexibility index (Phi) is 4.70. The van der Waals surface area contributed by atoms with E-state index in [1.54, 1.807) is 6.07 Å². The van der Waals surface area contributed by atoms with E-state index in [9.17, 15) is 14.0 Å². The highest BCUT2D eigenvalue weighted by atomic mass is 19.1. The zero-order chi connectivity index (χ0) is 16.9. The van der Waals surface area contributed by atoms with Crippen molar-refractivity contribution in [3.05, 3.63) is 82.4 Å². The van der Waals surface area contributed by atoms with Crippen molar-refractivity contribution in [1.82, 2.24) is 9.88 Å². The highest BCUT2D eigenvalue weighted by Crippen LogP contribution is 2.14. The lowest BCUT2D eigenvalue weighted by atomic mass is 10.1. The Morgan fingerprint density at radius 2 is 1.83 bits per heavy atom. The van der Waals surface area contributed by atoms with Crippen LogP contribution in [0, 0.1) is 5.82 Å². The molecular formula is C19H17FN2O2. The van der Waals surface area contributed by atoms with E-state index in [1.807, 2.05) is 30.3 Å². The van der Waals surface area contributed by atoms with Gasteiger partial charge in [0.2, 0.25) is 5.91 Å². The number of halogens is 1. The first-order valence-electron chi connectivity index (χ1n) is 7.73. The monoisotopic (exact) mass is 324 g/mol. The average Bonchev–Trinajstić information content (AvgIpc) is 2.59. The van der Waals surface area contributed by atoms with Gasteiger partial charge in [0.05, 0.1) is 5.52 Å². The number of fused-ring (bicyclic) bond motifs is 1. The maximum absolute atomic E-state index is 14.1. The van der Waals surface area contributed by atoms with Crippen molar-refractivity contribution < 1.29 is 9.18 Å². The zero-order valence-electron chi connectivity index (χ0n) is 13.0. The highest BCUT2D eigenvalue weighted by Gasteiger charge is 2.10. The van der Waals surface area contributed by atoms with E-state index >= 15 is 0 Å². The second-order valence-electron chi connectivity index (χ2n) is 5.53. The number of para-hydroxylation sites is 1. The van der Waals surface area contributed by atoms with Crippen LogP contribution in [0.3, 0.4) is 0 Å². The number of pyridine rings is 1. The summed E-state index contributed by atoms with van der Waals surface area (Å²) in [6, 6.07) is 15.5. The van der Waals surface area contributed by atoms with E-state index in [0.29, 0.717) is 6.54 Å². The van der Waals surface area contributed by atoms with Crippen molar-refractivity contribution in [2.75, 3.05) is 6.54 Å². The van der Waals surface area contributed by atoms with Gasteiger partial charge in [-0.25, -0.2) is 4.39 Å². The van der Waals surface area contributed by atoms with Crippen LogP contribution in [0.4, 0.5) is 4.39 Å². The summed E-state index contributed by atoms with van der Waals surface area (Å²) in [5.74, 6) is -0.735. The Balaban J connectivity index is 1.70. The molecule has 0 unspecified atom stereocenters. The van der Waals surface area contributed by atoms with Gasteiger partial charge in [-0.2, -0.15) is 0 Å². The summed E-state index contributed by atoms with van der Waals surface area (Å²) in [5, 5.41) is 3.09. The quantitative estimate of drug-likeness (QED) is 0.784. The number of benzene rings is 2. The number of carbonyl (C=O) groups excluding carboxylic acids is 1. The van der Waals surface area contributed by atoms with E-state index in [2.05, 4.69) is 5.32 Å². The number of hydrogen-bond acceptors (Lipinski definition) is 2. The Bertz CT molecular complexity index is 920. The van der Waals surface area contributed by atoms with E-state index < -0.39 is 5.82 Å². The van der Waals surface area contributed by atoms with Crippen molar-refractivity contribution in [1.29, 1.82) is 0 Å². The van der Waals surface area contributed by atoms with Gasteiger partial charge in [0.1, 0.15) is 12.4 Å². The van der Waals surface area contributed by atoms with Crippen LogP contribution >= 0.6 is 0 Å². The molecule has 0 aliphatic heterocycles. The molecule has 0 aliphatic carbocycles. The van der Waals surface area contributed by atoms with Crippen LogP contribution in [0.15, 0.2) is 65.6 Å². The first kappa shape index (κ1) is 15.9. The fourth-order valence-corrected chi connectivity index (χ4v) is 2.66. The molecule has 0 saturated heterocycles. The summed E-state index contributed by atoms with van der Waals surface area (Å²) in [6.07, 6.45) is 2.18. The zero-order valence-corrected chi connectivity index (χ0v) is 13.0. The maximum atomic E-state index is 14.1. The third-order valence-electron chi connectivity index (χ3n) is 3.84. The number of nitrogens with one attached hydrogen (secondary N) is 1. The normalized spacial score (nSPS) is 10.7. The summed E-state index contributed by atoms with van der Waals surface area (Å²) in [6.45, 7) is 0.468. The van der Waals surface area contributed by atoms with E-state index in [0.717, 1.165) is 12.0 Å². The van der Waals surface area contributed by atoms with Gasteiger partial charge in [-0.05, 0) is 24.1 Å². The Hall–Kier alpha value is -2.95. The van der Waals surface area contributed by atoms with Crippen LogP contribution in [0.25, 0.3) is 10.9 Å². The SMILES string of the molecule is O=C(Cn1ccc(=O)c2cccc(F)c21)NCCc1ccccc1. The van der Waals surface area contributed by atoms with Crippen LogP contribution in [-0.2, 0) is 17.8 Å². The molecule has 1 aromatic heterocycles. The first-order valence-corrected chi connectivity index (χ1v) is 7.73. The van der Waals surface area contributed by atoms with Crippen LogP contribution in [0.2, 0.25) is 0 Å². The van der Waals surface area contributed by atoms with Crippen molar-refractivity contribution in [2.45, 2.75) is 13.0 Å². The number of amides is 1. The smallest absolute Gasteiger partial charge is 0.239 e. The number of carbonyl (C=O) groups is 1. The molecule has 4 nitrogen and oxygen atoms in total. The van der Waals surface area contributed by atoms with Crippen LogP contribution < -0.4 is 10.7 Å². The van der Waals surface area contributed by atoms with Gasteiger partial charge in [0.25, 0.3) is 0 Å². The van der Waals surface area contributed by atoms with Gasteiger partial charge in [-0.3, -0.25) is 9.59 Å². The van der Waals surface area contributed by atoms with Crippen molar-refractivity contribution in [3.8, 4) is 0 Å². The van der Waals surface area contributed by atoms with Gasteiger partial charge >= 0.3 is 0 Å². The molecule has 0 fully saturated rings. The molecule has 3 aromatic rings. The molecule has 122 valence electrons. The van der Waals surface area contributed by atoms with Gasteiger partial charge in [0.15, 0.2) is 5.43 Å². The Morgan fingerprint density at radius 1 is 1.04 bits per heavy atom. The third kappa shape index (κ3) is 3.51. The molecule has 24 heavy (non-hydrogen) atoms. The summed E-state index contributed by atoms with van der Waals surface area (Å²) in [4.78, 5) is 23.9. The summed E-state index contributed by atoms with van der Waals surface area (Å²) in [5.41, 5.74) is 1.03. The molecule has 0 bridgehead atoms. The van der Waals surface area contributed by atoms with Gasteiger partial charge in [-0.1, -0.05) is 36.4 Å². The first-order chi connectivity index (χ1) is 11.6. The number of aromatic nitrogens is 1. The maximum Gasteiger partial charge on any atom is 0.239 e. The van der Waals surface area contributed by atoms with E-state index in [1.165, 1.54) is 29.0 Å². The van der Waals surface area contributed by atoms with Crippen LogP contribution in [0.5, 0.6) is 0 Å². The molecular weight excluding hydrogens is 307 g/mol. The van der Waals surface area contributed by atoms with Crippen molar-refractivity contribution in [2.24, 2.45) is 0 Å². The Labute approximate surface area is 138 Å². The third-order valence-corrected chi connectivity index (χ3v) is 3.84. The molecule has 1 amide bonds. The molecule has 1 N–H and O–H groups in total. The summed E-state index contributed by atoms with van der Waals surface area (Å²) in [7, 11) is 0. The minimum absolute atomic E-state index is 0.0352. The molecule has 0 radical (unpaired) electrons. The van der Waals surface area contributed by atoms with Crippen molar-refractivity contribution in [3.63, 3.8) is 0 Å². The lowest BCUT2D eigenvalue weighted by Crippen LogP contribution is -2.30. The lowest BCUT2D eigenvalue weighted by molar-refractivity contribution is -0.121. The van der Waals surface area contributed by atoms with Crippen LogP contribution in [-0.4, -0.2) is 17.0 Å². The second kappa shape index (κ2) is 7.08. The molecule has 0 spiro atoms. The topological polar surface area (TPSA) is 51.1 Å². The standard InChI is InChI=1S/C19H17FN2O2/c20-16-8-4-7-15-17(23)10-12-22(19(15)16)13-18(24)21-11-9-14-5-2-1-3-6-14/h1-8,10,12H,9,11,13H2,(H,21,24). The minimum Gasteiger partial charge on any atom is -0.354 e. The fourth-order valence-electron chi connectivity index (χ4n) is 2.66. The van der Waals surface area contributed by atoms with Gasteiger partial charge in [-0.15, -0.1) is 0 Å². The molecule has 0 saturated carbocycles. The molecule has 0 aliphatic rings. The number of rotatable bonds is 5. The van der Waals surface area contributed by atoms with Crippen molar-refractivity contribution >= 4 is 16.8 Å². The Morgan fingerprint density at radius 3 is 2.62 bits per heavy atom. The van der Waals surface area contributed by atoms with Gasteiger partial charge < -0.3 is 9.88 Å². The lowest BCUT2D eigenvalue weighted by Gasteiger charge is -2.11. The fraction of sp³-hybridized carbons (Fsp3) is 0.158. The van der Waals surface area contributed by atoms with E-state index in [-0.39, 0.29) is 28.8 Å². The molecule has 3 rings (SSSR count). The predicted molar refractivity (Wildman–Crippen MR) is 91.3 cm³/mol. The van der Waals surface area contributed by atoms with E-state index in [4.69, 9.17) is 0 Å². The molecule has 2 aromatic carbocycles. The summed E-state index contributed by atoms with van der Waals surface area (Å²) >= 11 is 0. The molecule has 1 heterocycles. The number of hydrogen-bond donors (Lipinski definition) is 1. The average molecular weight is 324 g/mol. The number of nitrogens with zero attached hydrogens (tertiary/aromatic N) is 1. The molecule has 5 heteroatoms. The predicted octanol–water partition coefficient (Wildman–Crippen LogP) is 2.50. The minimum atomic E-state index is -0.512. The summed E-state index contributed by atoms with van der Waals surface area (Å²) < 4.78 is 15.5. The van der Waals surface area contributed by atoms with Gasteiger partial charge in [0, 0.05) is 24.2 Å². The second-order valence-corrected chi connectivity index (χ2v) is 5.53. The highest BCUT2D eigenvalue weighted by molar-refractivity contribution is 5.82. The largest absolute Gasteiger partial charge is 0.354 e.